The zero-order valence-corrected chi connectivity index (χ0v) is 15.1. The maximum Gasteiger partial charge on any atom is 0.229 e. The average molecular weight is 332 g/mol. The topological polar surface area (TPSA) is 50.8 Å². The standard InChI is InChI=1S/C19H28N2O3/c1-13(2)21-12-16(19(18(21)22)7-9-20-10-8-19)15-6-5-14(23-3)11-17(15)24-4/h5-6,11,13,16,20H,7-10,12H2,1-4H3. The van der Waals surface area contributed by atoms with Gasteiger partial charge in [0.15, 0.2) is 0 Å². The molecule has 1 unspecified atom stereocenters. The number of methoxy groups -OCH3 is 2. The van der Waals surface area contributed by atoms with Crippen LogP contribution in [-0.2, 0) is 4.79 Å². The molecule has 1 atom stereocenters. The van der Waals surface area contributed by atoms with Crippen LogP contribution in [0.5, 0.6) is 11.5 Å². The molecule has 1 aromatic rings. The summed E-state index contributed by atoms with van der Waals surface area (Å²) in [5, 5.41) is 3.40. The second kappa shape index (κ2) is 6.63. The molecule has 2 saturated heterocycles. The number of piperidine rings is 1. The average Bonchev–Trinajstić information content (AvgIpc) is 2.88. The summed E-state index contributed by atoms with van der Waals surface area (Å²) in [5.74, 6) is 2.06. The summed E-state index contributed by atoms with van der Waals surface area (Å²) >= 11 is 0. The fourth-order valence-corrected chi connectivity index (χ4v) is 4.27. The number of carbonyl (C=O) groups excluding carboxylic acids is 1. The Morgan fingerprint density at radius 2 is 1.92 bits per heavy atom. The van der Waals surface area contributed by atoms with Crippen molar-refractivity contribution < 1.29 is 14.3 Å². The summed E-state index contributed by atoms with van der Waals surface area (Å²) in [5.41, 5.74) is 0.814. The number of likely N-dealkylation sites (tertiary alicyclic amines) is 1. The van der Waals surface area contributed by atoms with Gasteiger partial charge in [0, 0.05) is 30.1 Å². The highest BCUT2D eigenvalue weighted by Gasteiger charge is 2.55. The van der Waals surface area contributed by atoms with Crippen LogP contribution >= 0.6 is 0 Å². The summed E-state index contributed by atoms with van der Waals surface area (Å²) in [7, 11) is 3.34. The van der Waals surface area contributed by atoms with Crippen LogP contribution in [0.3, 0.4) is 0 Å². The molecule has 2 fully saturated rings. The molecule has 1 aromatic carbocycles. The molecule has 2 heterocycles. The van der Waals surface area contributed by atoms with Crippen molar-refractivity contribution in [2.45, 2.75) is 38.6 Å². The first-order chi connectivity index (χ1) is 11.5. The molecule has 1 spiro atoms. The van der Waals surface area contributed by atoms with Gasteiger partial charge in [-0.05, 0) is 45.8 Å². The van der Waals surface area contributed by atoms with E-state index < -0.39 is 0 Å². The van der Waals surface area contributed by atoms with E-state index in [4.69, 9.17) is 9.47 Å². The van der Waals surface area contributed by atoms with Crippen LogP contribution < -0.4 is 14.8 Å². The Labute approximate surface area is 144 Å². The maximum atomic E-state index is 13.3. The first-order valence-corrected chi connectivity index (χ1v) is 8.77. The van der Waals surface area contributed by atoms with Crippen molar-refractivity contribution in [3.05, 3.63) is 23.8 Å². The Balaban J connectivity index is 2.05. The van der Waals surface area contributed by atoms with Gasteiger partial charge in [0.1, 0.15) is 11.5 Å². The van der Waals surface area contributed by atoms with E-state index in [0.29, 0.717) is 5.91 Å². The van der Waals surface area contributed by atoms with E-state index in [2.05, 4.69) is 25.2 Å². The number of benzene rings is 1. The van der Waals surface area contributed by atoms with Crippen LogP contribution in [0.2, 0.25) is 0 Å². The zero-order valence-electron chi connectivity index (χ0n) is 15.1. The molecule has 3 rings (SSSR count). The molecular weight excluding hydrogens is 304 g/mol. The molecule has 0 saturated carbocycles. The van der Waals surface area contributed by atoms with Crippen LogP contribution in [-0.4, -0.2) is 50.7 Å². The summed E-state index contributed by atoms with van der Waals surface area (Å²) in [6.07, 6.45) is 1.77. The minimum absolute atomic E-state index is 0.162. The van der Waals surface area contributed by atoms with E-state index in [1.807, 2.05) is 17.0 Å². The molecule has 24 heavy (non-hydrogen) atoms. The fourth-order valence-electron chi connectivity index (χ4n) is 4.27. The molecular formula is C19H28N2O3. The minimum Gasteiger partial charge on any atom is -0.497 e. The first-order valence-electron chi connectivity index (χ1n) is 8.77. The van der Waals surface area contributed by atoms with Crippen molar-refractivity contribution in [2.75, 3.05) is 33.9 Å². The van der Waals surface area contributed by atoms with Crippen molar-refractivity contribution >= 4 is 5.91 Å². The maximum absolute atomic E-state index is 13.3. The minimum atomic E-state index is -0.308. The molecule has 5 heteroatoms. The smallest absolute Gasteiger partial charge is 0.229 e. The largest absolute Gasteiger partial charge is 0.497 e. The van der Waals surface area contributed by atoms with Crippen molar-refractivity contribution in [1.82, 2.24) is 10.2 Å². The van der Waals surface area contributed by atoms with Gasteiger partial charge in [0.2, 0.25) is 5.91 Å². The second-order valence-electron chi connectivity index (χ2n) is 7.12. The molecule has 1 N–H and O–H groups in total. The van der Waals surface area contributed by atoms with E-state index >= 15 is 0 Å². The zero-order chi connectivity index (χ0) is 17.3. The Hall–Kier alpha value is -1.75. The van der Waals surface area contributed by atoms with Gasteiger partial charge in [0.05, 0.1) is 19.6 Å². The number of nitrogens with one attached hydrogen (secondary N) is 1. The van der Waals surface area contributed by atoms with Gasteiger partial charge in [0.25, 0.3) is 0 Å². The lowest BCUT2D eigenvalue weighted by Crippen LogP contribution is -2.45. The molecule has 2 aliphatic rings. The lowest BCUT2D eigenvalue weighted by molar-refractivity contribution is -0.139. The third-order valence-corrected chi connectivity index (χ3v) is 5.67. The number of carbonyl (C=O) groups is 1. The predicted molar refractivity (Wildman–Crippen MR) is 93.7 cm³/mol. The third-order valence-electron chi connectivity index (χ3n) is 5.67. The second-order valence-corrected chi connectivity index (χ2v) is 7.12. The highest BCUT2D eigenvalue weighted by atomic mass is 16.5. The summed E-state index contributed by atoms with van der Waals surface area (Å²) in [4.78, 5) is 15.3. The van der Waals surface area contributed by atoms with Crippen LogP contribution in [0.15, 0.2) is 18.2 Å². The number of ether oxygens (including phenoxy) is 2. The van der Waals surface area contributed by atoms with Gasteiger partial charge >= 0.3 is 0 Å². The quantitative estimate of drug-likeness (QED) is 0.920. The Morgan fingerprint density at radius 1 is 1.21 bits per heavy atom. The Bertz CT molecular complexity index is 609. The first kappa shape index (κ1) is 17.1. The number of hydrogen-bond donors (Lipinski definition) is 1. The lowest BCUT2D eigenvalue weighted by Gasteiger charge is -2.37. The van der Waals surface area contributed by atoms with Gasteiger partial charge in [-0.25, -0.2) is 0 Å². The molecule has 0 radical (unpaired) electrons. The van der Waals surface area contributed by atoms with Crippen LogP contribution in [0.4, 0.5) is 0 Å². The Morgan fingerprint density at radius 3 is 2.50 bits per heavy atom. The highest BCUT2D eigenvalue weighted by Crippen LogP contribution is 2.52. The molecule has 0 aliphatic carbocycles. The number of nitrogens with zero attached hydrogens (tertiary/aromatic N) is 1. The molecule has 0 aromatic heterocycles. The molecule has 2 aliphatic heterocycles. The van der Waals surface area contributed by atoms with Crippen LogP contribution in [0, 0.1) is 5.41 Å². The van der Waals surface area contributed by atoms with E-state index in [1.165, 1.54) is 0 Å². The molecule has 132 valence electrons. The molecule has 5 nitrogen and oxygen atoms in total. The molecule has 1 amide bonds. The summed E-state index contributed by atoms with van der Waals surface area (Å²) < 4.78 is 11.0. The SMILES string of the molecule is COc1ccc(C2CN(C(C)C)C(=O)C23CCNCC3)c(OC)c1. The monoisotopic (exact) mass is 332 g/mol. The van der Waals surface area contributed by atoms with Gasteiger partial charge in [-0.1, -0.05) is 6.07 Å². The van der Waals surface area contributed by atoms with Gasteiger partial charge in [-0.3, -0.25) is 4.79 Å². The Kier molecular flexibility index (Phi) is 4.72. The van der Waals surface area contributed by atoms with Gasteiger partial charge in [-0.2, -0.15) is 0 Å². The number of rotatable bonds is 4. The van der Waals surface area contributed by atoms with E-state index in [9.17, 15) is 4.79 Å². The van der Waals surface area contributed by atoms with Gasteiger partial charge < -0.3 is 19.7 Å². The van der Waals surface area contributed by atoms with Crippen molar-refractivity contribution in [2.24, 2.45) is 5.41 Å². The summed E-state index contributed by atoms with van der Waals surface area (Å²) in [6.45, 7) is 6.75. The predicted octanol–water partition coefficient (Wildman–Crippen LogP) is 2.41. The van der Waals surface area contributed by atoms with E-state index in [0.717, 1.165) is 49.5 Å². The number of hydrogen-bond acceptors (Lipinski definition) is 4. The van der Waals surface area contributed by atoms with Crippen LogP contribution in [0.25, 0.3) is 0 Å². The van der Waals surface area contributed by atoms with Crippen molar-refractivity contribution in [3.63, 3.8) is 0 Å². The highest BCUT2D eigenvalue weighted by molar-refractivity contribution is 5.87. The van der Waals surface area contributed by atoms with E-state index in [1.54, 1.807) is 14.2 Å². The third kappa shape index (κ3) is 2.65. The van der Waals surface area contributed by atoms with Gasteiger partial charge in [-0.15, -0.1) is 0 Å². The fraction of sp³-hybridized carbons (Fsp3) is 0.632. The van der Waals surface area contributed by atoms with Crippen molar-refractivity contribution in [1.29, 1.82) is 0 Å². The normalized spacial score (nSPS) is 23.1. The summed E-state index contributed by atoms with van der Waals surface area (Å²) in [6, 6.07) is 6.18. The molecule has 0 bridgehead atoms. The number of amides is 1. The van der Waals surface area contributed by atoms with Crippen molar-refractivity contribution in [3.8, 4) is 11.5 Å². The lowest BCUT2D eigenvalue weighted by atomic mass is 9.68. The van der Waals surface area contributed by atoms with E-state index in [-0.39, 0.29) is 17.4 Å². The van der Waals surface area contributed by atoms with Crippen LogP contribution in [0.1, 0.15) is 38.2 Å².